The summed E-state index contributed by atoms with van der Waals surface area (Å²) in [7, 11) is 0. The molecule has 0 amide bonds. The first-order valence-corrected chi connectivity index (χ1v) is 3.36. The Kier molecular flexibility index (Phi) is 6.25. The Labute approximate surface area is 62.5 Å². The van der Waals surface area contributed by atoms with Crippen molar-refractivity contribution >= 4 is 0 Å². The molecule has 0 N–H and O–H groups in total. The SMILES string of the molecule is [C]#CCOCCOC(C)C. The third-order valence-corrected chi connectivity index (χ3v) is 0.853. The predicted octanol–water partition coefficient (Wildman–Crippen LogP) is 1.02. The van der Waals surface area contributed by atoms with E-state index in [9.17, 15) is 0 Å². The Morgan fingerprint density at radius 1 is 1.40 bits per heavy atom. The zero-order valence-electron chi connectivity index (χ0n) is 6.52. The van der Waals surface area contributed by atoms with Crippen LogP contribution in [0.3, 0.4) is 0 Å². The van der Waals surface area contributed by atoms with Gasteiger partial charge in [0.15, 0.2) is 0 Å². The minimum atomic E-state index is 0.257. The van der Waals surface area contributed by atoms with E-state index in [1.165, 1.54) is 0 Å². The maximum atomic E-state index is 6.51. The molecule has 0 bridgehead atoms. The minimum Gasteiger partial charge on any atom is -0.376 e. The second kappa shape index (κ2) is 6.60. The molecule has 0 saturated heterocycles. The van der Waals surface area contributed by atoms with Gasteiger partial charge in [0, 0.05) is 0 Å². The Bertz CT molecular complexity index is 102. The third-order valence-electron chi connectivity index (χ3n) is 0.853. The topological polar surface area (TPSA) is 18.5 Å². The first-order valence-electron chi connectivity index (χ1n) is 3.36. The summed E-state index contributed by atoms with van der Waals surface area (Å²) >= 11 is 0. The molecule has 0 heterocycles. The summed E-state index contributed by atoms with van der Waals surface area (Å²) in [6.07, 6.45) is 6.76. The highest BCUT2D eigenvalue weighted by molar-refractivity contribution is 4.73. The van der Waals surface area contributed by atoms with Crippen molar-refractivity contribution in [2.75, 3.05) is 19.8 Å². The predicted molar refractivity (Wildman–Crippen MR) is 39.0 cm³/mol. The Balaban J connectivity index is 2.86. The van der Waals surface area contributed by atoms with Crippen LogP contribution < -0.4 is 0 Å². The molecule has 0 aromatic rings. The van der Waals surface area contributed by atoms with Crippen LogP contribution in [0.15, 0.2) is 0 Å². The van der Waals surface area contributed by atoms with Crippen molar-refractivity contribution in [3.05, 3.63) is 6.42 Å². The van der Waals surface area contributed by atoms with Gasteiger partial charge in [-0.15, -0.1) is 0 Å². The maximum absolute atomic E-state index is 6.51. The van der Waals surface area contributed by atoms with Gasteiger partial charge in [-0.3, -0.25) is 0 Å². The van der Waals surface area contributed by atoms with Crippen molar-refractivity contribution in [2.24, 2.45) is 0 Å². The van der Waals surface area contributed by atoms with Crippen molar-refractivity contribution in [2.45, 2.75) is 20.0 Å². The summed E-state index contributed by atoms with van der Waals surface area (Å²) in [5.74, 6) is 2.13. The van der Waals surface area contributed by atoms with Gasteiger partial charge in [-0.25, -0.2) is 0 Å². The van der Waals surface area contributed by atoms with Crippen LogP contribution in [-0.2, 0) is 9.47 Å². The Morgan fingerprint density at radius 2 is 2.10 bits per heavy atom. The molecule has 0 fully saturated rings. The van der Waals surface area contributed by atoms with Crippen molar-refractivity contribution < 1.29 is 9.47 Å². The lowest BCUT2D eigenvalue weighted by Gasteiger charge is -2.05. The first-order chi connectivity index (χ1) is 4.77. The van der Waals surface area contributed by atoms with Crippen LogP contribution in [0.1, 0.15) is 13.8 Å². The minimum absolute atomic E-state index is 0.257. The molecule has 0 aromatic heterocycles. The smallest absolute Gasteiger partial charge is 0.108 e. The van der Waals surface area contributed by atoms with E-state index in [1.54, 1.807) is 0 Å². The monoisotopic (exact) mass is 141 g/mol. The molecule has 57 valence electrons. The van der Waals surface area contributed by atoms with Crippen LogP contribution in [0.5, 0.6) is 0 Å². The van der Waals surface area contributed by atoms with Crippen molar-refractivity contribution in [3.63, 3.8) is 0 Å². The van der Waals surface area contributed by atoms with E-state index in [0.717, 1.165) is 0 Å². The third kappa shape index (κ3) is 7.48. The van der Waals surface area contributed by atoms with E-state index in [2.05, 4.69) is 5.92 Å². The van der Waals surface area contributed by atoms with Crippen LogP contribution >= 0.6 is 0 Å². The lowest BCUT2D eigenvalue weighted by molar-refractivity contribution is 0.0280. The molecule has 1 radical (unpaired) electrons. The van der Waals surface area contributed by atoms with E-state index in [-0.39, 0.29) is 12.7 Å². The molecule has 0 rings (SSSR count). The summed E-state index contributed by atoms with van der Waals surface area (Å²) in [4.78, 5) is 0. The van der Waals surface area contributed by atoms with Gasteiger partial charge in [0.1, 0.15) is 6.61 Å². The first kappa shape index (κ1) is 9.48. The van der Waals surface area contributed by atoms with Crippen LogP contribution in [0, 0.1) is 12.3 Å². The summed E-state index contributed by atoms with van der Waals surface area (Å²) < 4.78 is 10.1. The quantitative estimate of drug-likeness (QED) is 0.420. The molecule has 2 nitrogen and oxygen atoms in total. The van der Waals surface area contributed by atoms with Gasteiger partial charge in [-0.2, -0.15) is 0 Å². The molecule has 0 atom stereocenters. The van der Waals surface area contributed by atoms with E-state index in [4.69, 9.17) is 15.9 Å². The second-order valence-corrected chi connectivity index (χ2v) is 2.15. The average Bonchev–Trinajstić information content (AvgIpc) is 1.87. The molecular formula is C8H13O2. The number of hydrogen-bond donors (Lipinski definition) is 0. The fraction of sp³-hybridized carbons (Fsp3) is 0.750. The van der Waals surface area contributed by atoms with Gasteiger partial charge in [0.2, 0.25) is 0 Å². The van der Waals surface area contributed by atoms with E-state index in [1.807, 2.05) is 13.8 Å². The molecule has 0 aromatic carbocycles. The summed E-state index contributed by atoms with van der Waals surface area (Å²) in [5, 5.41) is 0. The fourth-order valence-electron chi connectivity index (χ4n) is 0.466. The number of rotatable bonds is 5. The summed E-state index contributed by atoms with van der Waals surface area (Å²) in [5.41, 5.74) is 0. The highest BCUT2D eigenvalue weighted by Gasteiger charge is 1.90. The molecule has 0 spiro atoms. The normalized spacial score (nSPS) is 9.80. The molecule has 10 heavy (non-hydrogen) atoms. The lowest BCUT2D eigenvalue weighted by Crippen LogP contribution is -2.09. The lowest BCUT2D eigenvalue weighted by atomic mass is 10.5. The number of hydrogen-bond acceptors (Lipinski definition) is 2. The molecule has 0 aliphatic carbocycles. The van der Waals surface area contributed by atoms with Crippen molar-refractivity contribution in [3.8, 4) is 5.92 Å². The van der Waals surface area contributed by atoms with Crippen LogP contribution in [0.2, 0.25) is 0 Å². The molecule has 0 aliphatic heterocycles. The largest absolute Gasteiger partial charge is 0.376 e. The van der Waals surface area contributed by atoms with Gasteiger partial charge in [0.05, 0.1) is 19.3 Å². The summed E-state index contributed by atoms with van der Waals surface area (Å²) in [6, 6.07) is 0. The molecular weight excluding hydrogens is 128 g/mol. The van der Waals surface area contributed by atoms with E-state index >= 15 is 0 Å². The maximum Gasteiger partial charge on any atom is 0.108 e. The fourth-order valence-corrected chi connectivity index (χ4v) is 0.466. The second-order valence-electron chi connectivity index (χ2n) is 2.15. The van der Waals surface area contributed by atoms with Crippen molar-refractivity contribution in [1.82, 2.24) is 0 Å². The van der Waals surface area contributed by atoms with Crippen LogP contribution in [0.25, 0.3) is 0 Å². The highest BCUT2D eigenvalue weighted by Crippen LogP contribution is 1.86. The Morgan fingerprint density at radius 3 is 2.60 bits per heavy atom. The van der Waals surface area contributed by atoms with E-state index < -0.39 is 0 Å². The Hall–Kier alpha value is -0.520. The van der Waals surface area contributed by atoms with Crippen molar-refractivity contribution in [1.29, 1.82) is 0 Å². The zero-order valence-corrected chi connectivity index (χ0v) is 6.52. The number of ether oxygens (including phenoxy) is 2. The summed E-state index contributed by atoms with van der Waals surface area (Å²) in [6.45, 7) is 5.36. The van der Waals surface area contributed by atoms with Crippen LogP contribution in [0.4, 0.5) is 0 Å². The standard InChI is InChI=1S/C8H13O2/c1-4-5-9-6-7-10-8(2)3/h8H,5-7H2,2-3H3. The molecule has 0 saturated carbocycles. The van der Waals surface area contributed by atoms with E-state index in [0.29, 0.717) is 13.2 Å². The van der Waals surface area contributed by atoms with Crippen LogP contribution in [-0.4, -0.2) is 25.9 Å². The molecule has 0 unspecified atom stereocenters. The molecule has 2 heteroatoms. The van der Waals surface area contributed by atoms with Gasteiger partial charge in [0.25, 0.3) is 0 Å². The van der Waals surface area contributed by atoms with Gasteiger partial charge in [-0.05, 0) is 20.3 Å². The average molecular weight is 141 g/mol. The van der Waals surface area contributed by atoms with Gasteiger partial charge >= 0.3 is 0 Å². The highest BCUT2D eigenvalue weighted by atomic mass is 16.5. The van der Waals surface area contributed by atoms with Gasteiger partial charge in [-0.1, -0.05) is 5.92 Å². The molecule has 0 aliphatic rings. The zero-order chi connectivity index (χ0) is 7.82. The van der Waals surface area contributed by atoms with Gasteiger partial charge < -0.3 is 9.47 Å².